The number of benzene rings is 1. The van der Waals surface area contributed by atoms with E-state index in [9.17, 15) is 14.4 Å². The molecule has 6 nitrogen and oxygen atoms in total. The Morgan fingerprint density at radius 2 is 1.80 bits per heavy atom. The van der Waals surface area contributed by atoms with Gasteiger partial charge in [0.1, 0.15) is 0 Å². The Balaban J connectivity index is 2.90. The maximum absolute atomic E-state index is 12.2. The van der Waals surface area contributed by atoms with Crippen LogP contribution in [0.4, 0.5) is 0 Å². The van der Waals surface area contributed by atoms with Crippen LogP contribution in [-0.2, 0) is 9.53 Å². The lowest BCUT2D eigenvalue weighted by Gasteiger charge is -2.21. The number of methoxy groups -OCH3 is 1. The van der Waals surface area contributed by atoms with Crippen LogP contribution < -0.4 is 0 Å². The zero-order valence-corrected chi connectivity index (χ0v) is 11.6. The zero-order valence-electron chi connectivity index (χ0n) is 11.6. The molecule has 0 aliphatic rings. The van der Waals surface area contributed by atoms with Gasteiger partial charge in [0.25, 0.3) is 5.91 Å². The van der Waals surface area contributed by atoms with Gasteiger partial charge in [-0.1, -0.05) is 19.1 Å². The molecule has 0 aliphatic carbocycles. The van der Waals surface area contributed by atoms with Gasteiger partial charge < -0.3 is 14.7 Å². The van der Waals surface area contributed by atoms with Crippen molar-refractivity contribution in [2.24, 2.45) is 5.92 Å². The van der Waals surface area contributed by atoms with Gasteiger partial charge in [-0.25, -0.2) is 4.79 Å². The summed E-state index contributed by atoms with van der Waals surface area (Å²) in [6.07, 6.45) is 0. The lowest BCUT2D eigenvalue weighted by Crippen LogP contribution is -2.34. The normalized spacial score (nSPS) is 11.6. The number of carboxylic acid groups (broad SMARTS) is 1. The number of ether oxygens (including phenoxy) is 1. The molecule has 1 aromatic rings. The van der Waals surface area contributed by atoms with Gasteiger partial charge >= 0.3 is 11.9 Å². The molecule has 1 rings (SSSR count). The quantitative estimate of drug-likeness (QED) is 0.820. The highest BCUT2D eigenvalue weighted by Gasteiger charge is 2.22. The lowest BCUT2D eigenvalue weighted by molar-refractivity contribution is -0.145. The van der Waals surface area contributed by atoms with Crippen molar-refractivity contribution in [1.29, 1.82) is 0 Å². The van der Waals surface area contributed by atoms with Crippen LogP contribution in [0.5, 0.6) is 0 Å². The fourth-order valence-electron chi connectivity index (χ4n) is 1.83. The molecule has 1 N–H and O–H groups in total. The van der Waals surface area contributed by atoms with Gasteiger partial charge in [-0.05, 0) is 12.1 Å². The van der Waals surface area contributed by atoms with Gasteiger partial charge in [-0.3, -0.25) is 9.59 Å². The second-order valence-electron chi connectivity index (χ2n) is 4.46. The summed E-state index contributed by atoms with van der Waals surface area (Å²) in [5.41, 5.74) is 0.0367. The van der Waals surface area contributed by atoms with Crippen molar-refractivity contribution < 1.29 is 24.2 Å². The maximum atomic E-state index is 12.2. The molecule has 0 fully saturated rings. The van der Waals surface area contributed by atoms with Crippen LogP contribution >= 0.6 is 0 Å². The number of carbonyl (C=O) groups excluding carboxylic acids is 2. The van der Waals surface area contributed by atoms with Crippen LogP contribution in [0.3, 0.4) is 0 Å². The average Bonchev–Trinajstić information content (AvgIpc) is 2.45. The summed E-state index contributed by atoms with van der Waals surface area (Å²) in [4.78, 5) is 35.9. The molecule has 0 aromatic heterocycles. The number of amides is 1. The first-order chi connectivity index (χ1) is 9.38. The molecular weight excluding hydrogens is 262 g/mol. The van der Waals surface area contributed by atoms with Crippen LogP contribution in [0.25, 0.3) is 0 Å². The molecule has 1 atom stereocenters. The van der Waals surface area contributed by atoms with Crippen molar-refractivity contribution in [2.75, 3.05) is 20.7 Å². The summed E-state index contributed by atoms with van der Waals surface area (Å²) < 4.78 is 4.59. The largest absolute Gasteiger partial charge is 0.478 e. The SMILES string of the molecule is COC(=O)C(C)CN(C)C(=O)c1ccccc1C(=O)O. The number of aromatic carboxylic acids is 1. The Morgan fingerprint density at radius 3 is 2.30 bits per heavy atom. The number of carbonyl (C=O) groups is 3. The van der Waals surface area contributed by atoms with Gasteiger partial charge in [0, 0.05) is 13.6 Å². The molecule has 0 heterocycles. The third-order valence-electron chi connectivity index (χ3n) is 2.89. The highest BCUT2D eigenvalue weighted by molar-refractivity contribution is 6.04. The first kappa shape index (κ1) is 15.7. The minimum absolute atomic E-state index is 0.0601. The molecule has 0 saturated carbocycles. The van der Waals surface area contributed by atoms with E-state index in [0.29, 0.717) is 0 Å². The zero-order chi connectivity index (χ0) is 15.3. The van der Waals surface area contributed by atoms with Crippen molar-refractivity contribution in [2.45, 2.75) is 6.92 Å². The van der Waals surface area contributed by atoms with E-state index in [1.807, 2.05) is 0 Å². The van der Waals surface area contributed by atoms with Crippen LogP contribution in [0.1, 0.15) is 27.6 Å². The standard InChI is InChI=1S/C14H17NO5/c1-9(14(19)20-3)8-15(2)12(16)10-6-4-5-7-11(10)13(17)18/h4-7,9H,8H2,1-3H3,(H,17,18). The minimum Gasteiger partial charge on any atom is -0.478 e. The van der Waals surface area contributed by atoms with Gasteiger partial charge in [0.15, 0.2) is 0 Å². The second-order valence-corrected chi connectivity index (χ2v) is 4.46. The van der Waals surface area contributed by atoms with Crippen molar-refractivity contribution in [1.82, 2.24) is 4.90 Å². The molecular formula is C14H17NO5. The Bertz CT molecular complexity index is 526. The fraction of sp³-hybridized carbons (Fsp3) is 0.357. The lowest BCUT2D eigenvalue weighted by atomic mass is 10.1. The maximum Gasteiger partial charge on any atom is 0.336 e. The highest BCUT2D eigenvalue weighted by Crippen LogP contribution is 2.12. The van der Waals surface area contributed by atoms with E-state index in [2.05, 4.69) is 4.74 Å². The van der Waals surface area contributed by atoms with Crippen molar-refractivity contribution >= 4 is 17.8 Å². The highest BCUT2D eigenvalue weighted by atomic mass is 16.5. The Labute approximate surface area is 117 Å². The van der Waals surface area contributed by atoms with Crippen LogP contribution in [0.2, 0.25) is 0 Å². The summed E-state index contributed by atoms with van der Waals surface area (Å²) in [5, 5.41) is 9.06. The van der Waals surface area contributed by atoms with Gasteiger partial charge in [-0.15, -0.1) is 0 Å². The minimum atomic E-state index is -1.16. The van der Waals surface area contributed by atoms with Gasteiger partial charge in [-0.2, -0.15) is 0 Å². The van der Waals surface area contributed by atoms with E-state index >= 15 is 0 Å². The smallest absolute Gasteiger partial charge is 0.336 e. The topological polar surface area (TPSA) is 83.9 Å². The van der Waals surface area contributed by atoms with Crippen LogP contribution in [0, 0.1) is 5.92 Å². The third-order valence-corrected chi connectivity index (χ3v) is 2.89. The fourth-order valence-corrected chi connectivity index (χ4v) is 1.83. The third kappa shape index (κ3) is 3.57. The van der Waals surface area contributed by atoms with E-state index in [0.717, 1.165) is 0 Å². The summed E-state index contributed by atoms with van der Waals surface area (Å²) in [6.45, 7) is 1.79. The first-order valence-corrected chi connectivity index (χ1v) is 6.04. The predicted molar refractivity (Wildman–Crippen MR) is 71.5 cm³/mol. The molecule has 0 spiro atoms. The van der Waals surface area contributed by atoms with E-state index in [4.69, 9.17) is 5.11 Å². The predicted octanol–water partition coefficient (Wildman–Crippen LogP) is 1.27. The van der Waals surface area contributed by atoms with Crippen LogP contribution in [-0.4, -0.2) is 48.6 Å². The van der Waals surface area contributed by atoms with E-state index in [1.54, 1.807) is 19.1 Å². The molecule has 0 saturated heterocycles. The molecule has 0 radical (unpaired) electrons. The molecule has 108 valence electrons. The molecule has 6 heteroatoms. The number of hydrogen-bond donors (Lipinski definition) is 1. The van der Waals surface area contributed by atoms with Crippen molar-refractivity contribution in [3.8, 4) is 0 Å². The Hall–Kier alpha value is -2.37. The van der Waals surface area contributed by atoms with Crippen molar-refractivity contribution in [3.63, 3.8) is 0 Å². The second kappa shape index (κ2) is 6.70. The van der Waals surface area contributed by atoms with E-state index < -0.39 is 23.8 Å². The molecule has 1 aromatic carbocycles. The van der Waals surface area contributed by atoms with Gasteiger partial charge in [0.05, 0.1) is 24.2 Å². The summed E-state index contributed by atoms with van der Waals surface area (Å²) in [5.74, 6) is -2.51. The first-order valence-electron chi connectivity index (χ1n) is 6.04. The molecule has 1 amide bonds. The summed E-state index contributed by atoms with van der Waals surface area (Å²) in [7, 11) is 2.79. The molecule has 0 bridgehead atoms. The number of hydrogen-bond acceptors (Lipinski definition) is 4. The number of carboxylic acids is 1. The van der Waals surface area contributed by atoms with Gasteiger partial charge in [0.2, 0.25) is 0 Å². The van der Waals surface area contributed by atoms with E-state index in [-0.39, 0.29) is 17.7 Å². The number of esters is 1. The molecule has 20 heavy (non-hydrogen) atoms. The van der Waals surface area contributed by atoms with E-state index in [1.165, 1.54) is 31.2 Å². The monoisotopic (exact) mass is 279 g/mol. The van der Waals surface area contributed by atoms with Crippen LogP contribution in [0.15, 0.2) is 24.3 Å². The number of rotatable bonds is 5. The summed E-state index contributed by atoms with van der Waals surface area (Å²) >= 11 is 0. The Kier molecular flexibility index (Phi) is 5.25. The molecule has 1 unspecified atom stereocenters. The number of nitrogens with zero attached hydrogens (tertiary/aromatic N) is 1. The Morgan fingerprint density at radius 1 is 1.25 bits per heavy atom. The summed E-state index contributed by atoms with van der Waals surface area (Å²) in [6, 6.07) is 5.97. The average molecular weight is 279 g/mol. The molecule has 0 aliphatic heterocycles. The van der Waals surface area contributed by atoms with Crippen molar-refractivity contribution in [3.05, 3.63) is 35.4 Å².